The fourth-order valence-electron chi connectivity index (χ4n) is 11.0. The standard InChI is InChI=1S/C64H42O35/c1-16-2-18(5-25(66)43(16)75)59(86)97-56-53-37(95-64(99-61(88)20-8-30(71)46(78)31(72)9-20)57(56)98-60(87)19-6-28(69)45(77)29(70)7-19)15-91-62(89)24-14-36(49(81)51(83)39(24)38-23(63(90)96-53)13-32(73)47(79)50(38)82)94-55-42-40-22(58(84)85)12-33(74)48(80)54(40)93-35-11-21(65)10-34(41(35)42)92-52(55)17-3-26(67)44(76)27(68)4-17/h2-14,37,53,56-57,64H,15H2,1H3,(H19-,65,66,67,68,69,70,71,72,73,74,75,76,77,78,79,80,81,82,83,84,85,86,87,88,89,90)/p+1. The molecule has 5 atom stereocenters. The molecule has 1 saturated heterocycles. The molecule has 35 heteroatoms. The normalized spacial score (nSPS) is 16.8. The van der Waals surface area contributed by atoms with E-state index in [1.165, 1.54) is 6.92 Å². The number of carboxylic acid groups (broad SMARTS) is 1. The van der Waals surface area contributed by atoms with Crippen molar-refractivity contribution in [1.29, 1.82) is 0 Å². The molecule has 9 aromatic rings. The van der Waals surface area contributed by atoms with Gasteiger partial charge >= 0.3 is 47.2 Å². The van der Waals surface area contributed by atoms with Crippen molar-refractivity contribution >= 4 is 46.8 Å². The van der Waals surface area contributed by atoms with Crippen molar-refractivity contribution in [3.05, 3.63) is 118 Å². The molecule has 508 valence electrons. The second kappa shape index (κ2) is 23.6. The van der Waals surface area contributed by atoms with E-state index in [4.69, 9.17) is 42.3 Å². The molecule has 1 fully saturated rings. The molecular formula is C64H43O35+. The number of ether oxygens (including phenoxy) is 8. The third kappa shape index (κ3) is 10.9. The maximum atomic E-state index is 15.3. The molecular weight excluding hydrogens is 1330 g/mol. The maximum absolute atomic E-state index is 15.3. The molecule has 0 radical (unpaired) electrons. The summed E-state index contributed by atoms with van der Waals surface area (Å²) in [6, 6.07) is 8.22. The third-order valence-electron chi connectivity index (χ3n) is 15.7. The van der Waals surface area contributed by atoms with Crippen molar-refractivity contribution in [2.45, 2.75) is 37.6 Å². The number of aryl methyl sites for hydroxylation is 1. The lowest BCUT2D eigenvalue weighted by Gasteiger charge is -2.43. The van der Waals surface area contributed by atoms with Crippen LogP contribution in [0.4, 0.5) is 0 Å². The molecule has 0 aliphatic carbocycles. The van der Waals surface area contributed by atoms with Gasteiger partial charge in [0.25, 0.3) is 0 Å². The zero-order valence-electron chi connectivity index (χ0n) is 49.2. The number of phenolic OH excluding ortho intramolecular Hbond substituents is 19. The Kier molecular flexibility index (Phi) is 15.5. The van der Waals surface area contributed by atoms with E-state index in [1.807, 2.05) is 0 Å². The second-order valence-corrected chi connectivity index (χ2v) is 21.9. The summed E-state index contributed by atoms with van der Waals surface area (Å²) in [5, 5.41) is 217. The maximum Gasteiger partial charge on any atom is 0.403 e. The van der Waals surface area contributed by atoms with Gasteiger partial charge in [-0.1, -0.05) is 0 Å². The zero-order chi connectivity index (χ0) is 71.6. The monoisotopic (exact) mass is 1370 g/mol. The van der Waals surface area contributed by atoms with Crippen LogP contribution in [0.5, 0.6) is 132 Å². The van der Waals surface area contributed by atoms with Gasteiger partial charge in [-0.05, 0) is 61.0 Å². The highest BCUT2D eigenvalue weighted by Crippen LogP contribution is 2.62. The lowest BCUT2D eigenvalue weighted by Crippen LogP contribution is -2.63. The Hall–Kier alpha value is -14.3. The highest BCUT2D eigenvalue weighted by atomic mass is 16.7. The fourth-order valence-corrected chi connectivity index (χ4v) is 11.0. The molecule has 8 aromatic carbocycles. The minimum atomic E-state index is -2.69. The lowest BCUT2D eigenvalue weighted by atomic mass is 9.90. The fraction of sp³-hybridized carbons (Fsp3) is 0.109. The van der Waals surface area contributed by atoms with Crippen molar-refractivity contribution in [3.8, 4) is 166 Å². The Bertz CT molecular complexity index is 5000. The van der Waals surface area contributed by atoms with Crippen molar-refractivity contribution < 1.29 is 173 Å². The molecule has 0 bridgehead atoms. The smallest absolute Gasteiger partial charge is 0.403 e. The number of benzene rings is 8. The predicted octanol–water partition coefficient (Wildman–Crippen LogP) is 6.75. The summed E-state index contributed by atoms with van der Waals surface area (Å²) in [5.74, 6) is -37.7. The van der Waals surface area contributed by atoms with E-state index in [1.54, 1.807) is 0 Å². The largest absolute Gasteiger partial charge is 0.507 e. The van der Waals surface area contributed by atoms with Gasteiger partial charge in [-0.2, -0.15) is 0 Å². The Morgan fingerprint density at radius 3 is 1.55 bits per heavy atom. The molecule has 12 rings (SSSR count). The first-order valence-electron chi connectivity index (χ1n) is 27.9. The summed E-state index contributed by atoms with van der Waals surface area (Å²) in [6.45, 7) is -0.263. The first-order chi connectivity index (χ1) is 46.7. The summed E-state index contributed by atoms with van der Waals surface area (Å²) in [5.41, 5.74) is -10.9. The number of hydrogen-bond donors (Lipinski definition) is 20. The summed E-state index contributed by atoms with van der Waals surface area (Å²) < 4.78 is 53.1. The second-order valence-electron chi connectivity index (χ2n) is 21.9. The van der Waals surface area contributed by atoms with Crippen molar-refractivity contribution in [2.75, 3.05) is 6.61 Å². The quantitative estimate of drug-likeness (QED) is 0.0291. The van der Waals surface area contributed by atoms with E-state index in [-0.39, 0.29) is 10.9 Å². The summed E-state index contributed by atoms with van der Waals surface area (Å²) in [6.07, 6.45) is -12.9. The summed E-state index contributed by atoms with van der Waals surface area (Å²) >= 11 is 0. The Labute approximate surface area is 546 Å². The van der Waals surface area contributed by atoms with Crippen LogP contribution >= 0.6 is 0 Å². The average Bonchev–Trinajstić information content (AvgIpc) is 0.802. The van der Waals surface area contributed by atoms with Gasteiger partial charge in [0.15, 0.2) is 110 Å². The van der Waals surface area contributed by atoms with Gasteiger partial charge in [0.2, 0.25) is 35.4 Å². The molecule has 0 amide bonds. The molecule has 5 unspecified atom stereocenters. The van der Waals surface area contributed by atoms with Crippen molar-refractivity contribution in [3.63, 3.8) is 0 Å². The van der Waals surface area contributed by atoms with E-state index >= 15 is 9.59 Å². The van der Waals surface area contributed by atoms with Crippen LogP contribution in [0.25, 0.3) is 44.5 Å². The Balaban J connectivity index is 1.07. The first-order valence-corrected chi connectivity index (χ1v) is 27.9. The number of cyclic esters (lactones) is 1. The van der Waals surface area contributed by atoms with Gasteiger partial charge in [-0.3, -0.25) is 0 Å². The number of rotatable bonds is 10. The summed E-state index contributed by atoms with van der Waals surface area (Å²) in [4.78, 5) is 86.6. The van der Waals surface area contributed by atoms with Crippen LogP contribution < -0.4 is 9.47 Å². The first kappa shape index (κ1) is 64.8. The van der Waals surface area contributed by atoms with Crippen molar-refractivity contribution in [2.24, 2.45) is 0 Å². The average molecular weight is 1370 g/mol. The van der Waals surface area contributed by atoms with Gasteiger partial charge in [0, 0.05) is 41.0 Å². The molecule has 4 heterocycles. The number of esters is 5. The number of phenols is 19. The molecule has 20 N–H and O–H groups in total. The SMILES string of the molecule is Cc1cc(C(=O)OC2C3OC(=O)c4cc(O)c(O)c(O)c4-c4c(cc(Oc5c(-c6cc(O)c(O)c(O)c6)[o+]c6cc(O)cc7c6c5-c5c(C(=O)O)cc(O)c(O)c5O7)c(O)c4O)C(=O)OCC3OC(OC(=O)c3cc(O)c(O)c(O)c3)C2OC(=O)c2cc(O)c(O)c(O)c2)cc(O)c1O. The van der Waals surface area contributed by atoms with Gasteiger partial charge < -0.3 is 140 Å². The molecule has 0 spiro atoms. The number of hydrogen-bond acceptors (Lipinski definition) is 33. The van der Waals surface area contributed by atoms with Crippen LogP contribution in [0.3, 0.4) is 0 Å². The number of fused-ring (bicyclic) bond motifs is 6. The number of carbonyl (C=O) groups is 6. The number of aromatic carboxylic acids is 1. The molecule has 99 heavy (non-hydrogen) atoms. The number of aromatic hydroxyl groups is 19. The highest BCUT2D eigenvalue weighted by Gasteiger charge is 2.56. The van der Waals surface area contributed by atoms with Crippen LogP contribution in [-0.2, 0) is 28.4 Å². The molecule has 0 saturated carbocycles. The van der Waals surface area contributed by atoms with Crippen LogP contribution in [0.1, 0.15) is 67.7 Å². The van der Waals surface area contributed by atoms with Gasteiger partial charge in [-0.15, -0.1) is 0 Å². The van der Waals surface area contributed by atoms with E-state index in [0.29, 0.717) is 48.5 Å². The van der Waals surface area contributed by atoms with E-state index < -0.39 is 278 Å². The molecule has 3 aliphatic heterocycles. The van der Waals surface area contributed by atoms with Crippen LogP contribution in [0.2, 0.25) is 0 Å². The third-order valence-corrected chi connectivity index (χ3v) is 15.7. The highest BCUT2D eigenvalue weighted by molar-refractivity contribution is 6.13. The Morgan fingerprint density at radius 2 is 0.980 bits per heavy atom. The van der Waals surface area contributed by atoms with Crippen LogP contribution in [0, 0.1) is 6.92 Å². The lowest BCUT2D eigenvalue weighted by molar-refractivity contribution is -0.282. The van der Waals surface area contributed by atoms with E-state index in [0.717, 1.165) is 30.3 Å². The topological polar surface area (TPSA) is 592 Å². The van der Waals surface area contributed by atoms with Crippen LogP contribution in [-0.4, -0.2) is 175 Å². The minimum absolute atomic E-state index is 0.201. The van der Waals surface area contributed by atoms with Crippen molar-refractivity contribution in [1.82, 2.24) is 0 Å². The number of carboxylic acids is 1. The zero-order valence-corrected chi connectivity index (χ0v) is 49.2. The Morgan fingerprint density at radius 1 is 0.485 bits per heavy atom. The number of carbonyl (C=O) groups excluding carboxylic acids is 5. The molecule has 35 nitrogen and oxygen atoms in total. The van der Waals surface area contributed by atoms with E-state index in [2.05, 4.69) is 0 Å². The molecule has 1 aromatic heterocycles. The van der Waals surface area contributed by atoms with E-state index in [9.17, 15) is 121 Å². The van der Waals surface area contributed by atoms with Crippen LogP contribution in [0.15, 0.2) is 83.3 Å². The van der Waals surface area contributed by atoms with Gasteiger partial charge in [-0.25, -0.2) is 33.2 Å². The van der Waals surface area contributed by atoms with Gasteiger partial charge in [0.1, 0.15) is 29.6 Å². The minimum Gasteiger partial charge on any atom is -0.507 e. The molecule has 3 aliphatic rings. The summed E-state index contributed by atoms with van der Waals surface area (Å²) in [7, 11) is 0. The predicted molar refractivity (Wildman–Crippen MR) is 318 cm³/mol. The van der Waals surface area contributed by atoms with Gasteiger partial charge in [0.05, 0.1) is 50.6 Å².